The summed E-state index contributed by atoms with van der Waals surface area (Å²) in [4.78, 5) is 12.2. The number of rotatable bonds is 4. The molecule has 23 heavy (non-hydrogen) atoms. The minimum absolute atomic E-state index is 0.0642. The number of carbonyl (C=O) groups excluding carboxylic acids is 1. The zero-order valence-corrected chi connectivity index (χ0v) is 15.0. The minimum Gasteiger partial charge on any atom is -0.486 e. The molecule has 0 radical (unpaired) electrons. The van der Waals surface area contributed by atoms with Crippen LogP contribution in [0.25, 0.3) is 0 Å². The van der Waals surface area contributed by atoms with E-state index in [-0.39, 0.29) is 5.91 Å². The van der Waals surface area contributed by atoms with Crippen LogP contribution in [0.1, 0.15) is 12.5 Å². The van der Waals surface area contributed by atoms with E-state index in [4.69, 9.17) is 9.47 Å². The molecule has 4 nitrogen and oxygen atoms in total. The number of nitrogens with one attached hydrogen (secondary N) is 1. The number of fused-ring (bicyclic) bond motifs is 1. The molecular formula is C17H16BrNO3S. The van der Waals surface area contributed by atoms with Gasteiger partial charge in [-0.15, -0.1) is 11.8 Å². The molecule has 1 heterocycles. The van der Waals surface area contributed by atoms with E-state index < -0.39 is 0 Å². The van der Waals surface area contributed by atoms with Crippen molar-refractivity contribution in [2.45, 2.75) is 17.6 Å². The van der Waals surface area contributed by atoms with Crippen molar-refractivity contribution < 1.29 is 14.3 Å². The number of amides is 1. The number of hydrogen-bond donors (Lipinski definition) is 1. The Morgan fingerprint density at radius 2 is 1.83 bits per heavy atom. The fraction of sp³-hybridized carbons (Fsp3) is 0.235. The molecule has 6 heteroatoms. The monoisotopic (exact) mass is 393 g/mol. The van der Waals surface area contributed by atoms with Crippen LogP contribution < -0.4 is 14.8 Å². The molecule has 0 saturated carbocycles. The zero-order chi connectivity index (χ0) is 16.2. The summed E-state index contributed by atoms with van der Waals surface area (Å²) in [7, 11) is 0. The summed E-state index contributed by atoms with van der Waals surface area (Å²) < 4.78 is 12.2. The van der Waals surface area contributed by atoms with E-state index in [1.54, 1.807) is 11.8 Å². The summed E-state index contributed by atoms with van der Waals surface area (Å²) >= 11 is 5.32. The fourth-order valence-corrected chi connectivity index (χ4v) is 3.75. The highest BCUT2D eigenvalue weighted by atomic mass is 79.9. The van der Waals surface area contributed by atoms with Crippen LogP contribution in [-0.4, -0.2) is 19.1 Å². The van der Waals surface area contributed by atoms with Gasteiger partial charge in [0.15, 0.2) is 11.5 Å². The minimum atomic E-state index is -0.0642. The van der Waals surface area contributed by atoms with Crippen molar-refractivity contribution in [3.63, 3.8) is 0 Å². The molecular weight excluding hydrogens is 378 g/mol. The number of carbonyl (C=O) groups is 1. The zero-order valence-electron chi connectivity index (χ0n) is 12.6. The molecule has 2 aromatic carbocycles. The van der Waals surface area contributed by atoms with Crippen molar-refractivity contribution in [2.24, 2.45) is 0 Å². The predicted octanol–water partition coefficient (Wildman–Crippen LogP) is 4.47. The van der Waals surface area contributed by atoms with Crippen LogP contribution in [-0.2, 0) is 10.5 Å². The largest absolute Gasteiger partial charge is 0.486 e. The summed E-state index contributed by atoms with van der Waals surface area (Å²) in [6, 6.07) is 11.8. The lowest BCUT2D eigenvalue weighted by Gasteiger charge is -2.19. The van der Waals surface area contributed by atoms with Crippen LogP contribution in [0.15, 0.2) is 45.8 Å². The van der Waals surface area contributed by atoms with Gasteiger partial charge in [0.25, 0.3) is 0 Å². The molecule has 120 valence electrons. The second-order valence-corrected chi connectivity index (χ2v) is 6.98. The number of halogens is 1. The van der Waals surface area contributed by atoms with Crippen LogP contribution in [0.5, 0.6) is 11.5 Å². The summed E-state index contributed by atoms with van der Waals surface area (Å²) in [5.41, 5.74) is 1.97. The lowest BCUT2D eigenvalue weighted by Crippen LogP contribution is -2.15. The number of benzene rings is 2. The summed E-state index contributed by atoms with van der Waals surface area (Å²) in [5.74, 6) is 2.34. The van der Waals surface area contributed by atoms with Gasteiger partial charge in [0.1, 0.15) is 13.2 Å². The van der Waals surface area contributed by atoms with Gasteiger partial charge in [-0.3, -0.25) is 4.79 Å². The molecule has 1 N–H and O–H groups in total. The van der Waals surface area contributed by atoms with Gasteiger partial charge in [-0.25, -0.2) is 0 Å². The molecule has 2 aromatic rings. The molecule has 0 atom stereocenters. The van der Waals surface area contributed by atoms with Crippen molar-refractivity contribution in [2.75, 3.05) is 18.5 Å². The molecule has 1 aliphatic rings. The number of thioether (sulfide) groups is 1. The fourth-order valence-electron chi connectivity index (χ4n) is 2.22. The standard InChI is InChI=1S/C17H16BrNO3S/c1-11(20)19-13-2-4-14(5-3-13)23-10-12-8-16-17(9-15(12)18)22-7-6-21-16/h2-5,8-9H,6-7,10H2,1H3,(H,19,20). The molecule has 1 amide bonds. The van der Waals surface area contributed by atoms with Gasteiger partial charge in [0.2, 0.25) is 5.91 Å². The van der Waals surface area contributed by atoms with Crippen molar-refractivity contribution >= 4 is 39.3 Å². The maximum Gasteiger partial charge on any atom is 0.221 e. The first-order valence-corrected chi connectivity index (χ1v) is 8.98. The van der Waals surface area contributed by atoms with Gasteiger partial charge in [-0.2, -0.15) is 0 Å². The van der Waals surface area contributed by atoms with Gasteiger partial charge in [-0.05, 0) is 42.0 Å². The van der Waals surface area contributed by atoms with Crippen LogP contribution in [0, 0.1) is 0 Å². The van der Waals surface area contributed by atoms with Crippen molar-refractivity contribution in [3.8, 4) is 11.5 Å². The van der Waals surface area contributed by atoms with E-state index in [0.29, 0.717) is 13.2 Å². The Morgan fingerprint density at radius 1 is 1.17 bits per heavy atom. The SMILES string of the molecule is CC(=O)Nc1ccc(SCc2cc3c(cc2Br)OCCO3)cc1. The van der Waals surface area contributed by atoms with Gasteiger partial charge in [0.05, 0.1) is 0 Å². The molecule has 0 unspecified atom stereocenters. The Bertz CT molecular complexity index is 719. The number of anilines is 1. The molecule has 3 rings (SSSR count). The van der Waals surface area contributed by atoms with Crippen LogP contribution in [0.2, 0.25) is 0 Å². The first-order valence-electron chi connectivity index (χ1n) is 7.20. The smallest absolute Gasteiger partial charge is 0.221 e. The molecule has 0 bridgehead atoms. The molecule has 0 spiro atoms. The van der Waals surface area contributed by atoms with Gasteiger partial charge < -0.3 is 14.8 Å². The number of hydrogen-bond acceptors (Lipinski definition) is 4. The Balaban J connectivity index is 1.67. The van der Waals surface area contributed by atoms with E-state index in [9.17, 15) is 4.79 Å². The van der Waals surface area contributed by atoms with Crippen LogP contribution >= 0.6 is 27.7 Å². The van der Waals surface area contributed by atoms with Gasteiger partial charge in [0, 0.05) is 27.7 Å². The first kappa shape index (κ1) is 16.2. The normalized spacial score (nSPS) is 12.8. The molecule has 0 saturated heterocycles. The molecule has 1 aliphatic heterocycles. The third-order valence-electron chi connectivity index (χ3n) is 3.28. The lowest BCUT2D eigenvalue weighted by molar-refractivity contribution is -0.114. The summed E-state index contributed by atoms with van der Waals surface area (Å²) in [6.45, 7) is 2.68. The lowest BCUT2D eigenvalue weighted by atomic mass is 10.2. The Morgan fingerprint density at radius 3 is 2.48 bits per heavy atom. The van der Waals surface area contributed by atoms with Crippen molar-refractivity contribution in [1.29, 1.82) is 0 Å². The van der Waals surface area contributed by atoms with Crippen LogP contribution in [0.3, 0.4) is 0 Å². The number of ether oxygens (including phenoxy) is 2. The second kappa shape index (κ2) is 7.27. The Labute approximate surface area is 147 Å². The van der Waals surface area contributed by atoms with E-state index in [0.717, 1.165) is 37.9 Å². The maximum atomic E-state index is 11.0. The molecule has 0 fully saturated rings. The second-order valence-electron chi connectivity index (χ2n) is 5.08. The van der Waals surface area contributed by atoms with Gasteiger partial charge in [-0.1, -0.05) is 15.9 Å². The third-order valence-corrected chi connectivity index (χ3v) is 5.08. The van der Waals surface area contributed by atoms with E-state index in [1.807, 2.05) is 36.4 Å². The highest BCUT2D eigenvalue weighted by Crippen LogP contribution is 2.37. The first-order chi connectivity index (χ1) is 11.1. The summed E-state index contributed by atoms with van der Waals surface area (Å²) in [6.07, 6.45) is 0. The topological polar surface area (TPSA) is 47.6 Å². The van der Waals surface area contributed by atoms with E-state index in [2.05, 4.69) is 21.2 Å². The van der Waals surface area contributed by atoms with E-state index in [1.165, 1.54) is 6.92 Å². The highest BCUT2D eigenvalue weighted by molar-refractivity contribution is 9.10. The third kappa shape index (κ3) is 4.20. The van der Waals surface area contributed by atoms with Crippen molar-refractivity contribution in [1.82, 2.24) is 0 Å². The van der Waals surface area contributed by atoms with Gasteiger partial charge >= 0.3 is 0 Å². The predicted molar refractivity (Wildman–Crippen MR) is 95.4 cm³/mol. The quantitative estimate of drug-likeness (QED) is 0.778. The average Bonchev–Trinajstić information content (AvgIpc) is 2.54. The Kier molecular flexibility index (Phi) is 5.13. The average molecular weight is 394 g/mol. The Hall–Kier alpha value is -1.66. The van der Waals surface area contributed by atoms with E-state index >= 15 is 0 Å². The van der Waals surface area contributed by atoms with Crippen molar-refractivity contribution in [3.05, 3.63) is 46.4 Å². The van der Waals surface area contributed by atoms with Crippen LogP contribution in [0.4, 0.5) is 5.69 Å². The summed E-state index contributed by atoms with van der Waals surface area (Å²) in [5, 5.41) is 2.76. The highest BCUT2D eigenvalue weighted by Gasteiger charge is 2.14. The maximum absolute atomic E-state index is 11.0. The molecule has 0 aromatic heterocycles. The molecule has 0 aliphatic carbocycles.